The average Bonchev–Trinajstić information content (AvgIpc) is 1.02. The number of Topliss-reactive ketones (excluding diaryl/α,β-unsaturated/α-hetero) is 1. The molecule has 7 aliphatic rings. The van der Waals surface area contributed by atoms with Crippen molar-refractivity contribution in [3.63, 3.8) is 0 Å². The number of thioether (sulfide) groups is 6. The van der Waals surface area contributed by atoms with Crippen molar-refractivity contribution in [3.8, 4) is 22.3 Å². The Morgan fingerprint density at radius 3 is 1.16 bits per heavy atom. The van der Waals surface area contributed by atoms with E-state index in [0.717, 1.165) is 150 Å². The van der Waals surface area contributed by atoms with Gasteiger partial charge in [0.2, 0.25) is 0 Å². The number of pyridine rings is 4. The molecule has 0 aliphatic carbocycles. The van der Waals surface area contributed by atoms with Crippen molar-refractivity contribution >= 4 is 270 Å². The maximum absolute atomic E-state index is 12.3. The van der Waals surface area contributed by atoms with E-state index in [9.17, 15) is 24.4 Å². The Hall–Kier alpha value is -4.92. The van der Waals surface area contributed by atoms with Crippen LogP contribution in [0.2, 0.25) is 0 Å². The summed E-state index contributed by atoms with van der Waals surface area (Å²) in [7, 11) is -1.56. The summed E-state index contributed by atoms with van der Waals surface area (Å²) in [6.07, 6.45) is 22.3. The Labute approximate surface area is 938 Å². The van der Waals surface area contributed by atoms with Crippen LogP contribution >= 0.6 is 143 Å². The van der Waals surface area contributed by atoms with Crippen LogP contribution in [0.4, 0.5) is 44.1 Å². The monoisotopic (exact) mass is 2290 g/mol. The minimum absolute atomic E-state index is 0. The zero-order valence-electron chi connectivity index (χ0n) is 81.6. The molecule has 0 unspecified atom stereocenters. The summed E-state index contributed by atoms with van der Waals surface area (Å²) in [5.41, 5.74) is 18.5. The smallest absolute Gasteiger partial charge is 1.00 e. The number of benzene rings is 6. The fraction of sp³-hybridized carbons (Fsp3) is 0.444. The second kappa shape index (κ2) is 77.5. The quantitative estimate of drug-likeness (QED) is 0.0188. The molecular weight excluding hydrogens is 2150 g/mol. The van der Waals surface area contributed by atoms with E-state index in [1.165, 1.54) is 121 Å². The zero-order chi connectivity index (χ0) is 97.5. The summed E-state index contributed by atoms with van der Waals surface area (Å²) < 4.78 is 18.5. The number of nitrogens with one attached hydrogen (secondary N) is 5. The molecule has 0 radical (unpaired) electrons. The second-order valence-corrected chi connectivity index (χ2v) is 42.9. The largest absolute Gasteiger partial charge is 1.00 e. The van der Waals surface area contributed by atoms with E-state index < -0.39 is 36.5 Å². The van der Waals surface area contributed by atoms with Gasteiger partial charge in [-0.15, -0.1) is 24.8 Å². The first kappa shape index (κ1) is 135. The number of nitrogen functional groups attached to an aromatic ring is 1. The SMILES string of the molecule is Brc1ccc(Br)nc1.Brc1ccc(NC2CCSCC2)nc1.C.C1CCOC1.CC(=O)[O-].CC(C)(C)OC(=O)Nc1ccc(-c2ccc(NC3CCSCC3)nc2)c2ccccc12.CC(C)(C)OC(=O)Nc1ccc(B(O)O)c2ccccc12.CCO.Cl.Cl.NC1CCSCC1.NO.Nc1ccc(-c2ccc(NC3CCSCC3)nc2)c2ccccc12.O=C1CCSCC1.ON=C1CCSCC1.[AlH3].[H-].[Li+].[Na+]. The van der Waals surface area contributed by atoms with E-state index in [1.807, 2.05) is 183 Å². The minimum Gasteiger partial charge on any atom is -1.00 e. The molecule has 7 aliphatic heterocycles. The number of aliphatic hydroxyl groups excluding tert-OH is 1. The summed E-state index contributed by atoms with van der Waals surface area (Å²) in [4.78, 5) is 61.0. The molecule has 7 fully saturated rings. The number of ketones is 1. The number of fused-ring (bicyclic) bond motifs is 3. The van der Waals surface area contributed by atoms with Crippen LogP contribution in [0.3, 0.4) is 0 Å². The van der Waals surface area contributed by atoms with Gasteiger partial charge in [0.1, 0.15) is 39.0 Å². The number of oxime groups is 1. The number of carboxylic acid groups (broad SMARTS) is 1. The number of anilines is 6. The molecule has 760 valence electrons. The van der Waals surface area contributed by atoms with E-state index in [2.05, 4.69) is 160 Å². The summed E-state index contributed by atoms with van der Waals surface area (Å²) in [5.74, 6) is 20.1. The summed E-state index contributed by atoms with van der Waals surface area (Å²) in [6.45, 7) is 15.8. The first-order chi connectivity index (χ1) is 64.5. The van der Waals surface area contributed by atoms with Gasteiger partial charge in [-0.25, -0.2) is 35.4 Å². The Morgan fingerprint density at radius 1 is 0.514 bits per heavy atom. The molecule has 26 nitrogen and oxygen atoms in total. The predicted molar refractivity (Wildman–Crippen MR) is 609 cm³/mol. The Bertz CT molecular complexity index is 5080. The molecule has 0 bridgehead atoms. The second-order valence-electron chi connectivity index (χ2n) is 33.0. The third-order valence-electron chi connectivity index (χ3n) is 20.0. The van der Waals surface area contributed by atoms with Gasteiger partial charge >= 0.3 is 67.7 Å². The van der Waals surface area contributed by atoms with Gasteiger partial charge in [0.05, 0.1) is 17.1 Å². The van der Waals surface area contributed by atoms with Crippen LogP contribution in [-0.2, 0) is 23.8 Å². The molecule has 2 amide bonds. The zero-order valence-corrected chi connectivity index (χ0v) is 93.9. The standard InChI is InChI=1S/C25H29N3O2S.C20H21N3S.C15H18BNO4.C10H13BrN2S.C5H3Br2N.C5H9NOS.C5H11NS.C5H8OS.C4H8O.C2H4O2.C2H6O.CH4.Al.2ClH.Li.H3NO.Na.4H/c1-25(2,3)30-24(29)28-22-10-9-19(20-6-4-5-7-21(20)22)17-8-11-23(26-16-17)27-18-12-14-31-15-13-18;21-19-7-6-16(17-3-1-2-4-18(17)19)14-5-8-20(22-13-14)23-15-9-11-24-12-10-15;1-15(2,3)21-14(18)17-13-9-8-12(16(19)20)10-6-4-5-7-11(10)13;11-8-1-2-10(12-7-8)13-9-3-5-14-6-4-9;6-4-1-2-5(7)8-3-4;7-6-5-1-3-8-4-2-5;2*6-5-1-3-7-4-2-5;1-2-4-5-3-1;1-2(3)4;1-2-3;;;;;;1-2;;;;;/h4-11,16,18H,12-15H2,1-3H3,(H,26,27)(H,28,29);1-8,13,15H,9-12,21H2,(H,22,23);4-9,19-20H,1-3H3,(H,17,18);1-2,7,9H,3-6H2,(H,12,13);1-3H;7H,1-4H2;5H,1-4,6H2;1-4H2;1-4H2;1H3,(H,3,4);3H,2H2,1H3;1H4;;2*1H;;2H,1H2;;;;;/q;;;;;;;;;;;;;;;+1;;+1;;;;-1/p-1. The Kier molecular flexibility index (Phi) is 74.8. The molecule has 0 saturated carbocycles. The van der Waals surface area contributed by atoms with E-state index >= 15 is 0 Å². The maximum atomic E-state index is 12.3. The van der Waals surface area contributed by atoms with Crippen molar-refractivity contribution in [2.45, 2.75) is 188 Å². The van der Waals surface area contributed by atoms with Crippen LogP contribution in [0.5, 0.6) is 0 Å². The van der Waals surface area contributed by atoms with Gasteiger partial charge in [-0.3, -0.25) is 15.4 Å². The van der Waals surface area contributed by atoms with Crippen LogP contribution in [0.15, 0.2) is 201 Å². The first-order valence-electron chi connectivity index (χ1n) is 44.8. The summed E-state index contributed by atoms with van der Waals surface area (Å²) in [6, 6.07) is 53.1. The summed E-state index contributed by atoms with van der Waals surface area (Å²) in [5, 5.41) is 75.0. The fourth-order valence-electron chi connectivity index (χ4n) is 13.5. The number of amides is 2. The third-order valence-corrected chi connectivity index (χ3v) is 27.6. The number of ether oxygens (including phenoxy) is 3. The van der Waals surface area contributed by atoms with Crippen molar-refractivity contribution in [2.24, 2.45) is 16.8 Å². The predicted octanol–water partition coefficient (Wildman–Crippen LogP) is 15.5. The molecule has 17 rings (SSSR count). The fourth-order valence-corrected chi connectivity index (χ4v) is 20.6. The molecule has 6 aromatic carbocycles. The number of carboxylic acids is 1. The number of hydrogen-bond acceptors (Lipinski definition) is 30. The third kappa shape index (κ3) is 55.7. The number of aromatic nitrogens is 4. The normalized spacial score (nSPS) is 14.8. The molecule has 41 heteroatoms. The van der Waals surface area contributed by atoms with Crippen molar-refractivity contribution < 1.29 is 114 Å². The van der Waals surface area contributed by atoms with E-state index in [0.29, 0.717) is 51.9 Å². The van der Waals surface area contributed by atoms with Crippen LogP contribution in [-0.4, -0.2) is 224 Å². The van der Waals surface area contributed by atoms with Crippen LogP contribution < -0.4 is 103 Å². The van der Waals surface area contributed by atoms with Gasteiger partial charge in [-0.1, -0.05) is 104 Å². The number of aliphatic carboxylic acids is 1. The number of rotatable bonds is 11. The van der Waals surface area contributed by atoms with Crippen LogP contribution in [0.25, 0.3) is 54.6 Å². The Balaban J connectivity index is 0. The van der Waals surface area contributed by atoms with Gasteiger partial charge in [0.25, 0.3) is 0 Å². The molecule has 7 saturated heterocycles. The minimum atomic E-state index is -1.56. The van der Waals surface area contributed by atoms with Gasteiger partial charge in [0.15, 0.2) is 17.4 Å². The number of nitrogens with zero attached hydrogens (tertiary/aromatic N) is 5. The number of nitrogens with two attached hydrogens (primary N) is 3. The van der Waals surface area contributed by atoms with Crippen LogP contribution in [0.1, 0.15) is 154 Å². The first-order valence-corrected chi connectivity index (χ1v) is 54.1. The van der Waals surface area contributed by atoms with Crippen molar-refractivity contribution in [1.29, 1.82) is 0 Å². The molecule has 16 N–H and O–H groups in total. The van der Waals surface area contributed by atoms with Gasteiger partial charge in [0, 0.05) is 141 Å². The van der Waals surface area contributed by atoms with Crippen molar-refractivity contribution in [3.05, 3.63) is 196 Å². The number of aliphatic hydroxyl groups is 1. The number of carbonyl (C=O) groups excluding carboxylic acids is 4. The Morgan fingerprint density at radius 2 is 0.850 bits per heavy atom. The maximum Gasteiger partial charge on any atom is 1.00 e. The van der Waals surface area contributed by atoms with E-state index in [-0.39, 0.29) is 106 Å². The van der Waals surface area contributed by atoms with E-state index in [4.69, 9.17) is 51.1 Å². The molecule has 0 atom stereocenters. The summed E-state index contributed by atoms with van der Waals surface area (Å²) >= 11 is 21.8. The molecule has 11 heterocycles. The van der Waals surface area contributed by atoms with Gasteiger partial charge < -0.3 is 78.5 Å². The number of halogens is 5. The molecule has 0 spiro atoms. The number of hydrogen-bond donors (Lipinski definition) is 13. The average molecular weight is 2290 g/mol. The van der Waals surface area contributed by atoms with Crippen molar-refractivity contribution in [1.82, 2.24) is 19.9 Å². The molecule has 140 heavy (non-hydrogen) atoms. The van der Waals surface area contributed by atoms with Gasteiger partial charge in [-0.2, -0.15) is 70.6 Å². The molecule has 4 aromatic heterocycles. The van der Waals surface area contributed by atoms with E-state index in [1.54, 1.807) is 64.2 Å². The van der Waals surface area contributed by atoms with Crippen molar-refractivity contribution in [2.75, 3.05) is 121 Å². The number of carbonyl (C=O) groups is 4. The van der Waals surface area contributed by atoms with Gasteiger partial charge in [-0.05, 0) is 337 Å². The topological polar surface area (TPSA) is 422 Å². The molecular formula is C99H142AlBBr3Cl2LiN13NaO13S6. The van der Waals surface area contributed by atoms with Crippen LogP contribution in [0, 0.1) is 0 Å². The molecule has 10 aromatic rings.